The summed E-state index contributed by atoms with van der Waals surface area (Å²) in [5, 5.41) is 2.06. The summed E-state index contributed by atoms with van der Waals surface area (Å²) in [4.78, 5) is 32.6. The number of halogens is 2. The fourth-order valence-electron chi connectivity index (χ4n) is 3.86. The summed E-state index contributed by atoms with van der Waals surface area (Å²) >= 11 is 12.3. The van der Waals surface area contributed by atoms with Gasteiger partial charge in [-0.05, 0) is 42.2 Å². The minimum absolute atomic E-state index is 0.0113. The molecule has 0 spiro atoms. The van der Waals surface area contributed by atoms with Crippen LogP contribution >= 0.6 is 23.2 Å². The minimum Gasteiger partial charge on any atom is -0.375 e. The zero-order valence-corrected chi connectivity index (χ0v) is 21.2. The number of nitrogens with one attached hydrogen (secondary N) is 1. The van der Waals surface area contributed by atoms with Crippen LogP contribution in [0.1, 0.15) is 30.9 Å². The average molecular weight is 504 g/mol. The highest BCUT2D eigenvalue weighted by Crippen LogP contribution is 2.24. The van der Waals surface area contributed by atoms with E-state index in [2.05, 4.69) is 18.0 Å². The molecule has 0 unspecified atom stereocenters. The van der Waals surface area contributed by atoms with Gasteiger partial charge < -0.3 is 19.5 Å². The third-order valence-corrected chi connectivity index (χ3v) is 6.50. The number of aromatic amines is 1. The van der Waals surface area contributed by atoms with Gasteiger partial charge in [-0.2, -0.15) is 0 Å². The SMILES string of the molecule is CCCCN(CC(=O)N(CCc1c[nH]c2ccccc12)Cc1ccc(Cl)c(Cl)c1)C(=O)COC. The van der Waals surface area contributed by atoms with Gasteiger partial charge in [-0.1, -0.05) is 60.8 Å². The maximum absolute atomic E-state index is 13.4. The van der Waals surface area contributed by atoms with Crippen molar-refractivity contribution in [2.24, 2.45) is 0 Å². The number of rotatable bonds is 12. The number of hydrogen-bond acceptors (Lipinski definition) is 3. The number of amides is 2. The van der Waals surface area contributed by atoms with Crippen molar-refractivity contribution >= 4 is 45.9 Å². The van der Waals surface area contributed by atoms with Gasteiger partial charge >= 0.3 is 0 Å². The molecule has 0 atom stereocenters. The summed E-state index contributed by atoms with van der Waals surface area (Å²) in [6.45, 7) is 3.42. The van der Waals surface area contributed by atoms with Crippen molar-refractivity contribution in [1.29, 1.82) is 0 Å². The average Bonchev–Trinajstić information content (AvgIpc) is 3.24. The Bertz CT molecular complexity index is 1120. The third-order valence-electron chi connectivity index (χ3n) is 5.76. The molecule has 34 heavy (non-hydrogen) atoms. The van der Waals surface area contributed by atoms with Crippen LogP contribution < -0.4 is 0 Å². The number of methoxy groups -OCH3 is 1. The molecule has 1 aromatic heterocycles. The number of para-hydroxylation sites is 1. The van der Waals surface area contributed by atoms with E-state index in [1.807, 2.05) is 30.5 Å². The normalized spacial score (nSPS) is 11.1. The Labute approximate surface area is 210 Å². The van der Waals surface area contributed by atoms with E-state index in [0.717, 1.165) is 34.9 Å². The number of carbonyl (C=O) groups is 2. The maximum Gasteiger partial charge on any atom is 0.249 e. The summed E-state index contributed by atoms with van der Waals surface area (Å²) < 4.78 is 5.02. The van der Waals surface area contributed by atoms with E-state index in [0.29, 0.717) is 36.1 Å². The van der Waals surface area contributed by atoms with Crippen molar-refractivity contribution in [2.75, 3.05) is 33.4 Å². The first kappa shape index (κ1) is 26.1. The second kappa shape index (κ2) is 12.8. The molecule has 0 aliphatic heterocycles. The minimum atomic E-state index is -0.185. The van der Waals surface area contributed by atoms with Gasteiger partial charge in [-0.3, -0.25) is 9.59 Å². The molecule has 8 heteroatoms. The molecule has 6 nitrogen and oxygen atoms in total. The van der Waals surface area contributed by atoms with Crippen LogP contribution in [-0.4, -0.2) is 59.9 Å². The third kappa shape index (κ3) is 6.98. The summed E-state index contributed by atoms with van der Waals surface area (Å²) in [6.07, 6.45) is 4.42. The van der Waals surface area contributed by atoms with E-state index in [-0.39, 0.29) is 25.0 Å². The predicted molar refractivity (Wildman–Crippen MR) is 137 cm³/mol. The number of carbonyl (C=O) groups excluding carboxylic acids is 2. The number of nitrogens with zero attached hydrogens (tertiary/aromatic N) is 2. The predicted octanol–water partition coefficient (Wildman–Crippen LogP) is 5.32. The van der Waals surface area contributed by atoms with Crippen molar-refractivity contribution in [3.8, 4) is 0 Å². The van der Waals surface area contributed by atoms with E-state index in [9.17, 15) is 9.59 Å². The summed E-state index contributed by atoms with van der Waals surface area (Å²) in [7, 11) is 1.48. The van der Waals surface area contributed by atoms with Crippen molar-refractivity contribution in [3.63, 3.8) is 0 Å². The Morgan fingerprint density at radius 1 is 1.00 bits per heavy atom. The van der Waals surface area contributed by atoms with E-state index in [1.165, 1.54) is 7.11 Å². The molecular formula is C26H31Cl2N3O3. The fourth-order valence-corrected chi connectivity index (χ4v) is 4.18. The number of ether oxygens (including phenoxy) is 1. The molecular weight excluding hydrogens is 473 g/mol. The maximum atomic E-state index is 13.4. The van der Waals surface area contributed by atoms with Crippen LogP contribution in [0.25, 0.3) is 10.9 Å². The van der Waals surface area contributed by atoms with Gasteiger partial charge in [0.1, 0.15) is 6.61 Å². The molecule has 2 aromatic carbocycles. The Balaban J connectivity index is 1.79. The Hall–Kier alpha value is -2.54. The Kier molecular flexibility index (Phi) is 9.81. The number of aromatic nitrogens is 1. The molecule has 2 amide bonds. The van der Waals surface area contributed by atoms with Gasteiger partial charge in [0.05, 0.1) is 16.6 Å². The molecule has 0 aliphatic rings. The van der Waals surface area contributed by atoms with Crippen molar-refractivity contribution in [2.45, 2.75) is 32.7 Å². The first-order valence-electron chi connectivity index (χ1n) is 11.5. The van der Waals surface area contributed by atoms with Gasteiger partial charge in [-0.15, -0.1) is 0 Å². The molecule has 182 valence electrons. The standard InChI is InChI=1S/C26H31Cl2N3O3/c1-3-4-12-30(26(33)18-34-2)17-25(32)31(16-19-9-10-22(27)23(28)14-19)13-11-20-15-29-24-8-6-5-7-21(20)24/h5-10,14-15,29H,3-4,11-13,16-18H2,1-2H3. The van der Waals surface area contributed by atoms with Gasteiger partial charge in [0.25, 0.3) is 0 Å². The highest BCUT2D eigenvalue weighted by atomic mass is 35.5. The van der Waals surface area contributed by atoms with Crippen LogP contribution in [-0.2, 0) is 27.3 Å². The second-order valence-electron chi connectivity index (χ2n) is 8.28. The van der Waals surface area contributed by atoms with Gasteiger partial charge in [-0.25, -0.2) is 0 Å². The summed E-state index contributed by atoms with van der Waals surface area (Å²) in [6, 6.07) is 13.5. The number of H-pyrrole nitrogens is 1. The largest absolute Gasteiger partial charge is 0.375 e. The molecule has 0 bridgehead atoms. The molecule has 1 heterocycles. The quantitative estimate of drug-likeness (QED) is 0.363. The van der Waals surface area contributed by atoms with Crippen molar-refractivity contribution < 1.29 is 14.3 Å². The number of benzene rings is 2. The lowest BCUT2D eigenvalue weighted by Gasteiger charge is -2.28. The zero-order chi connectivity index (χ0) is 24.5. The van der Waals surface area contributed by atoms with E-state index in [4.69, 9.17) is 27.9 Å². The summed E-state index contributed by atoms with van der Waals surface area (Å²) in [5.74, 6) is -0.304. The second-order valence-corrected chi connectivity index (χ2v) is 9.09. The highest BCUT2D eigenvalue weighted by Gasteiger charge is 2.22. The zero-order valence-electron chi connectivity index (χ0n) is 19.7. The topological polar surface area (TPSA) is 65.6 Å². The molecule has 0 saturated carbocycles. The van der Waals surface area contributed by atoms with Crippen LogP contribution in [0.5, 0.6) is 0 Å². The monoisotopic (exact) mass is 503 g/mol. The highest BCUT2D eigenvalue weighted by molar-refractivity contribution is 6.42. The first-order valence-corrected chi connectivity index (χ1v) is 12.2. The smallest absolute Gasteiger partial charge is 0.249 e. The lowest BCUT2D eigenvalue weighted by atomic mass is 10.1. The van der Waals surface area contributed by atoms with Gasteiger partial charge in [0.2, 0.25) is 11.8 Å². The number of hydrogen-bond donors (Lipinski definition) is 1. The summed E-state index contributed by atoms with van der Waals surface area (Å²) in [5.41, 5.74) is 3.08. The Morgan fingerprint density at radius 2 is 1.79 bits per heavy atom. The van der Waals surface area contributed by atoms with Crippen LogP contribution in [0.4, 0.5) is 0 Å². The molecule has 1 N–H and O–H groups in total. The van der Waals surface area contributed by atoms with Crippen LogP contribution in [0.15, 0.2) is 48.7 Å². The molecule has 0 aliphatic carbocycles. The molecule has 0 radical (unpaired) electrons. The van der Waals surface area contributed by atoms with E-state index >= 15 is 0 Å². The van der Waals surface area contributed by atoms with Crippen LogP contribution in [0, 0.1) is 0 Å². The van der Waals surface area contributed by atoms with Gasteiger partial charge in [0, 0.05) is 43.8 Å². The van der Waals surface area contributed by atoms with Gasteiger partial charge in [0.15, 0.2) is 0 Å². The number of fused-ring (bicyclic) bond motifs is 1. The lowest BCUT2D eigenvalue weighted by molar-refractivity contribution is -0.143. The molecule has 3 aromatic rings. The molecule has 0 fully saturated rings. The van der Waals surface area contributed by atoms with E-state index in [1.54, 1.807) is 21.9 Å². The molecule has 3 rings (SSSR count). The lowest BCUT2D eigenvalue weighted by Crippen LogP contribution is -2.44. The van der Waals surface area contributed by atoms with E-state index < -0.39 is 0 Å². The van der Waals surface area contributed by atoms with Crippen LogP contribution in [0.3, 0.4) is 0 Å². The Morgan fingerprint density at radius 3 is 2.53 bits per heavy atom. The molecule has 0 saturated heterocycles. The first-order chi connectivity index (χ1) is 16.4. The van der Waals surface area contributed by atoms with Crippen molar-refractivity contribution in [3.05, 3.63) is 69.8 Å². The number of unbranched alkanes of at least 4 members (excludes halogenated alkanes) is 1. The fraction of sp³-hybridized carbons (Fsp3) is 0.385. The van der Waals surface area contributed by atoms with Crippen molar-refractivity contribution in [1.82, 2.24) is 14.8 Å². The van der Waals surface area contributed by atoms with Crippen LogP contribution in [0.2, 0.25) is 10.0 Å².